The number of amides is 1. The molecule has 0 fully saturated rings. The summed E-state index contributed by atoms with van der Waals surface area (Å²) in [6, 6.07) is 15.1. The smallest absolute Gasteiger partial charge is 0.348 e. The second-order valence-corrected chi connectivity index (χ2v) is 5.82. The number of carbonyl (C=O) groups is 2. The molecule has 0 aliphatic heterocycles. The average molecular weight is 385 g/mol. The third-order valence-electron chi connectivity index (χ3n) is 3.42. The molecule has 27 heavy (non-hydrogen) atoms. The van der Waals surface area contributed by atoms with Crippen LogP contribution >= 0.6 is 11.6 Å². The lowest BCUT2D eigenvalue weighted by atomic mass is 10.1. The number of anilines is 1. The zero-order chi connectivity index (χ0) is 19.6. The van der Waals surface area contributed by atoms with Crippen LogP contribution in [0.3, 0.4) is 0 Å². The Morgan fingerprint density at radius 3 is 2.59 bits per heavy atom. The van der Waals surface area contributed by atoms with Crippen molar-refractivity contribution >= 4 is 35.2 Å². The second kappa shape index (κ2) is 10.1. The third kappa shape index (κ3) is 6.26. The van der Waals surface area contributed by atoms with E-state index in [1.54, 1.807) is 48.5 Å². The molecule has 0 heterocycles. The lowest BCUT2D eigenvalue weighted by molar-refractivity contribution is -0.139. The van der Waals surface area contributed by atoms with Crippen molar-refractivity contribution in [3.05, 3.63) is 70.3 Å². The van der Waals surface area contributed by atoms with Gasteiger partial charge in [-0.05, 0) is 48.0 Å². The van der Waals surface area contributed by atoms with Crippen LogP contribution in [0.4, 0.5) is 5.69 Å². The number of rotatable bonds is 7. The van der Waals surface area contributed by atoms with Gasteiger partial charge < -0.3 is 14.8 Å². The summed E-state index contributed by atoms with van der Waals surface area (Å²) in [6.07, 6.45) is 1.40. The highest BCUT2D eigenvalue weighted by atomic mass is 35.5. The van der Waals surface area contributed by atoms with Gasteiger partial charge in [0.15, 0.2) is 0 Å². The van der Waals surface area contributed by atoms with Crippen molar-refractivity contribution in [2.45, 2.75) is 0 Å². The van der Waals surface area contributed by atoms with E-state index in [1.807, 2.05) is 6.07 Å². The molecule has 0 saturated carbocycles. The normalized spacial score (nSPS) is 10.8. The Morgan fingerprint density at radius 1 is 1.19 bits per heavy atom. The van der Waals surface area contributed by atoms with Crippen LogP contribution in [-0.4, -0.2) is 32.2 Å². The second-order valence-electron chi connectivity index (χ2n) is 5.39. The minimum atomic E-state index is -0.731. The van der Waals surface area contributed by atoms with E-state index < -0.39 is 5.97 Å². The summed E-state index contributed by atoms with van der Waals surface area (Å²) in [4.78, 5) is 24.1. The van der Waals surface area contributed by atoms with Gasteiger partial charge in [0, 0.05) is 23.4 Å². The van der Waals surface area contributed by atoms with Gasteiger partial charge in [0.2, 0.25) is 0 Å². The Balaban J connectivity index is 2.11. The number of nitrogens with one attached hydrogen (secondary N) is 1. The molecule has 0 atom stereocenters. The van der Waals surface area contributed by atoms with Crippen LogP contribution < -0.4 is 5.32 Å². The molecule has 0 unspecified atom stereocenters. The van der Waals surface area contributed by atoms with Crippen LogP contribution in [0.2, 0.25) is 5.02 Å². The molecule has 1 amide bonds. The summed E-state index contributed by atoms with van der Waals surface area (Å²) in [5.74, 6) is -1.03. The summed E-state index contributed by atoms with van der Waals surface area (Å²) >= 11 is 5.82. The van der Waals surface area contributed by atoms with Gasteiger partial charge in [-0.25, -0.2) is 4.79 Å². The molecule has 0 bridgehead atoms. The first kappa shape index (κ1) is 20.2. The number of methoxy groups -OCH3 is 1. The highest BCUT2D eigenvalue weighted by molar-refractivity contribution is 6.30. The van der Waals surface area contributed by atoms with Crippen LogP contribution in [0.25, 0.3) is 6.08 Å². The number of hydrogen-bond acceptors (Lipinski definition) is 5. The Hall–Kier alpha value is -3.14. The highest BCUT2D eigenvalue weighted by Crippen LogP contribution is 2.16. The van der Waals surface area contributed by atoms with Crippen LogP contribution in [0.15, 0.2) is 54.1 Å². The predicted molar refractivity (Wildman–Crippen MR) is 102 cm³/mol. The Morgan fingerprint density at radius 2 is 1.93 bits per heavy atom. The highest BCUT2D eigenvalue weighted by Gasteiger charge is 2.11. The molecule has 2 aromatic rings. The van der Waals surface area contributed by atoms with Gasteiger partial charge in [0.25, 0.3) is 5.91 Å². The molecule has 0 aliphatic rings. The standard InChI is InChI=1S/C20H17ClN2O4/c1-26-9-10-27-20(25)16(13-22)11-14-3-2-4-18(12-14)23-19(24)15-5-7-17(21)8-6-15/h2-8,11-12H,9-10H2,1H3,(H,23,24)/b16-11+. The largest absolute Gasteiger partial charge is 0.459 e. The van der Waals surface area contributed by atoms with Crippen LogP contribution in [0.5, 0.6) is 0 Å². The van der Waals surface area contributed by atoms with E-state index in [1.165, 1.54) is 13.2 Å². The predicted octanol–water partition coefficient (Wildman–Crippen LogP) is 3.69. The van der Waals surface area contributed by atoms with Crippen LogP contribution in [0.1, 0.15) is 15.9 Å². The number of nitrogens with zero attached hydrogens (tertiary/aromatic N) is 1. The van der Waals surface area contributed by atoms with Gasteiger partial charge in [-0.3, -0.25) is 4.79 Å². The summed E-state index contributed by atoms with van der Waals surface area (Å²) in [5, 5.41) is 12.5. The zero-order valence-electron chi connectivity index (χ0n) is 14.6. The van der Waals surface area contributed by atoms with Crippen LogP contribution in [-0.2, 0) is 14.3 Å². The molecule has 6 nitrogen and oxygen atoms in total. The van der Waals surface area contributed by atoms with Crippen molar-refractivity contribution in [1.82, 2.24) is 0 Å². The maximum atomic E-state index is 12.3. The van der Waals surface area contributed by atoms with Gasteiger partial charge in [0.1, 0.15) is 18.2 Å². The summed E-state index contributed by atoms with van der Waals surface area (Å²) in [6.45, 7) is 0.308. The zero-order valence-corrected chi connectivity index (χ0v) is 15.3. The SMILES string of the molecule is COCCOC(=O)/C(C#N)=C/c1cccc(NC(=O)c2ccc(Cl)cc2)c1. The summed E-state index contributed by atoms with van der Waals surface area (Å²) in [7, 11) is 1.48. The fourth-order valence-electron chi connectivity index (χ4n) is 2.11. The first-order valence-corrected chi connectivity index (χ1v) is 8.36. The maximum absolute atomic E-state index is 12.3. The number of esters is 1. The van der Waals surface area contributed by atoms with E-state index in [4.69, 9.17) is 26.3 Å². The Labute approximate surface area is 162 Å². The molecular formula is C20H17ClN2O4. The average Bonchev–Trinajstić information content (AvgIpc) is 2.67. The number of hydrogen-bond donors (Lipinski definition) is 1. The van der Waals surface area contributed by atoms with Gasteiger partial charge in [-0.1, -0.05) is 23.7 Å². The van der Waals surface area contributed by atoms with Crippen molar-refractivity contribution in [2.24, 2.45) is 0 Å². The maximum Gasteiger partial charge on any atom is 0.348 e. The molecule has 0 spiro atoms. The molecule has 138 valence electrons. The molecule has 2 rings (SSSR count). The van der Waals surface area contributed by atoms with Gasteiger partial charge in [0.05, 0.1) is 6.61 Å². The molecule has 0 aromatic heterocycles. The van der Waals surface area contributed by atoms with E-state index in [9.17, 15) is 9.59 Å². The van der Waals surface area contributed by atoms with E-state index in [2.05, 4.69) is 5.32 Å². The number of halogens is 1. The van der Waals surface area contributed by atoms with E-state index >= 15 is 0 Å². The van der Waals surface area contributed by atoms with Crippen molar-refractivity contribution in [1.29, 1.82) is 5.26 Å². The van der Waals surface area contributed by atoms with Crippen LogP contribution in [0, 0.1) is 11.3 Å². The van der Waals surface area contributed by atoms with Gasteiger partial charge in [-0.2, -0.15) is 5.26 Å². The monoisotopic (exact) mass is 384 g/mol. The van der Waals surface area contributed by atoms with E-state index in [0.29, 0.717) is 21.8 Å². The summed E-state index contributed by atoms with van der Waals surface area (Å²) < 4.78 is 9.73. The Bertz CT molecular complexity index is 886. The minimum absolute atomic E-state index is 0.0611. The van der Waals surface area contributed by atoms with E-state index in [0.717, 1.165) is 0 Å². The van der Waals surface area contributed by atoms with Crippen molar-refractivity contribution in [2.75, 3.05) is 25.6 Å². The lowest BCUT2D eigenvalue weighted by Crippen LogP contribution is -2.12. The number of benzene rings is 2. The fourth-order valence-corrected chi connectivity index (χ4v) is 2.24. The molecule has 1 N–H and O–H groups in total. The van der Waals surface area contributed by atoms with Gasteiger partial charge >= 0.3 is 5.97 Å². The van der Waals surface area contributed by atoms with Gasteiger partial charge in [-0.15, -0.1) is 0 Å². The third-order valence-corrected chi connectivity index (χ3v) is 3.67. The number of ether oxygens (including phenoxy) is 2. The molecular weight excluding hydrogens is 368 g/mol. The molecule has 2 aromatic carbocycles. The quantitative estimate of drug-likeness (QED) is 0.340. The number of nitriles is 1. The first-order chi connectivity index (χ1) is 13.0. The molecule has 0 aliphatic carbocycles. The summed E-state index contributed by atoms with van der Waals surface area (Å²) in [5.41, 5.74) is 1.41. The lowest BCUT2D eigenvalue weighted by Gasteiger charge is -2.07. The molecule has 7 heteroatoms. The molecule has 0 radical (unpaired) electrons. The fraction of sp³-hybridized carbons (Fsp3) is 0.150. The van der Waals surface area contributed by atoms with E-state index in [-0.39, 0.29) is 24.7 Å². The number of carbonyl (C=O) groups excluding carboxylic acids is 2. The van der Waals surface area contributed by atoms with Crippen molar-refractivity contribution in [3.8, 4) is 6.07 Å². The van der Waals surface area contributed by atoms with Crippen molar-refractivity contribution < 1.29 is 19.1 Å². The minimum Gasteiger partial charge on any atom is -0.459 e. The van der Waals surface area contributed by atoms with Crippen molar-refractivity contribution in [3.63, 3.8) is 0 Å². The topological polar surface area (TPSA) is 88.4 Å². The molecule has 0 saturated heterocycles. The first-order valence-electron chi connectivity index (χ1n) is 7.98. The Kier molecular flexibility index (Phi) is 7.56.